The summed E-state index contributed by atoms with van der Waals surface area (Å²) in [5.74, 6) is 1.33. The molecule has 0 radical (unpaired) electrons. The number of nitrogens with zero attached hydrogens (tertiary/aromatic N) is 5. The second-order valence-corrected chi connectivity index (χ2v) is 10.7. The molecule has 3 aromatic carbocycles. The molecule has 0 bridgehead atoms. The van der Waals surface area contributed by atoms with Crippen LogP contribution in [0.2, 0.25) is 5.02 Å². The summed E-state index contributed by atoms with van der Waals surface area (Å²) in [6, 6.07) is 16.0. The van der Waals surface area contributed by atoms with Crippen LogP contribution in [0.4, 0.5) is 29.2 Å². The van der Waals surface area contributed by atoms with Crippen LogP contribution >= 0.6 is 24.0 Å². The van der Waals surface area contributed by atoms with Crippen molar-refractivity contribution in [3.63, 3.8) is 0 Å². The van der Waals surface area contributed by atoms with E-state index < -0.39 is 5.91 Å². The fourth-order valence-electron chi connectivity index (χ4n) is 5.39. The number of hydrogen-bond donors (Lipinski definition) is 7. The third-order valence-electron chi connectivity index (χ3n) is 7.50. The van der Waals surface area contributed by atoms with Crippen LogP contribution in [0.15, 0.2) is 54.6 Å². The molecule has 0 atom stereocenters. The molecule has 0 spiro atoms. The van der Waals surface area contributed by atoms with Crippen molar-refractivity contribution >= 4 is 69.9 Å². The number of piperidine rings is 2. The van der Waals surface area contributed by atoms with Crippen LogP contribution < -0.4 is 45.0 Å². The second kappa shape index (κ2) is 17.5. The third kappa shape index (κ3) is 8.81. The van der Waals surface area contributed by atoms with Gasteiger partial charge in [0.2, 0.25) is 17.8 Å². The van der Waals surface area contributed by atoms with E-state index >= 15 is 0 Å². The standard InChI is InChI=1S/C30H32ClN7O2.ClH.4H3N.4H2/c31-23-19-21(12-13-24(23)33-27(40)26-22-10-4-3-9-20(22)11-14-25(26)39)32-28-34-29(37-15-5-1-6-16-37)36-30(35-28)38-17-7-2-8-18-38;;;;;;;;;/h3-4,9-14,19,39H,1-2,5-8,15-18H2,(H,33,40)(H,32,34,35,36);1H;4*1H3;4*1H. The lowest BCUT2D eigenvalue weighted by molar-refractivity contribution is 0.102. The van der Waals surface area contributed by atoms with E-state index in [4.69, 9.17) is 26.6 Å². The maximum absolute atomic E-state index is 13.2. The van der Waals surface area contributed by atoms with Gasteiger partial charge < -0.3 is 50.1 Å². The second-order valence-electron chi connectivity index (χ2n) is 10.3. The highest BCUT2D eigenvalue weighted by atomic mass is 35.5. The van der Waals surface area contributed by atoms with Crippen LogP contribution in [0.5, 0.6) is 5.75 Å². The summed E-state index contributed by atoms with van der Waals surface area (Å²) in [5, 5.41) is 18.5. The Morgan fingerprint density at radius 2 is 1.36 bits per heavy atom. The molecule has 6 rings (SSSR count). The predicted octanol–water partition coefficient (Wildman–Crippen LogP) is 8.41. The molecule has 0 saturated carbocycles. The smallest absolute Gasteiger partial charge is 0.260 e. The average Bonchev–Trinajstić information content (AvgIpc) is 2.99. The number of hydrogen-bond acceptors (Lipinski definition) is 12. The lowest BCUT2D eigenvalue weighted by Crippen LogP contribution is -2.34. The molecule has 0 unspecified atom stereocenters. The molecule has 254 valence electrons. The molecule has 1 amide bonds. The third-order valence-corrected chi connectivity index (χ3v) is 7.81. The van der Waals surface area contributed by atoms with Gasteiger partial charge in [-0.1, -0.05) is 41.9 Å². The summed E-state index contributed by atoms with van der Waals surface area (Å²) in [6.45, 7) is 3.76. The van der Waals surface area contributed by atoms with Crippen LogP contribution in [0.1, 0.15) is 54.6 Å². The first-order chi connectivity index (χ1) is 19.5. The van der Waals surface area contributed by atoms with Crippen LogP contribution in [0, 0.1) is 0 Å². The topological polar surface area (TPSA) is 247 Å². The average molecular weight is 671 g/mol. The number of amides is 1. The minimum absolute atomic E-state index is 0. The number of carbonyl (C=O) groups is 1. The van der Waals surface area contributed by atoms with Crippen molar-refractivity contribution in [2.24, 2.45) is 0 Å². The summed E-state index contributed by atoms with van der Waals surface area (Å²) in [5.41, 5.74) is 1.33. The Balaban J connectivity index is -0.00000112. The zero-order chi connectivity index (χ0) is 27.5. The van der Waals surface area contributed by atoms with Gasteiger partial charge in [0.05, 0.1) is 16.3 Å². The molecular formula is C30H53Cl2N11O2. The molecular weight excluding hydrogens is 617 g/mol. The van der Waals surface area contributed by atoms with E-state index in [1.54, 1.807) is 18.2 Å². The molecule has 2 aliphatic heterocycles. The molecule has 2 fully saturated rings. The van der Waals surface area contributed by atoms with Crippen molar-refractivity contribution in [2.45, 2.75) is 38.5 Å². The van der Waals surface area contributed by atoms with Crippen LogP contribution in [-0.2, 0) is 0 Å². The number of benzene rings is 3. The SMILES string of the molecule is Cl.N.N.N.N.O=C(Nc1ccc(Nc2nc(N3CCCCC3)nc(N3CCCCC3)n2)cc1Cl)c1c(O)ccc2ccccc12.[HH].[HH].[HH].[HH]. The molecule has 13 nitrogen and oxygen atoms in total. The molecule has 3 heterocycles. The van der Waals surface area contributed by atoms with Gasteiger partial charge in [0, 0.05) is 37.6 Å². The van der Waals surface area contributed by atoms with Gasteiger partial charge in [-0.05, 0) is 73.6 Å². The van der Waals surface area contributed by atoms with Crippen molar-refractivity contribution in [1.82, 2.24) is 39.6 Å². The van der Waals surface area contributed by atoms with E-state index in [9.17, 15) is 9.90 Å². The summed E-state index contributed by atoms with van der Waals surface area (Å²) < 4.78 is 0. The highest BCUT2D eigenvalue weighted by Gasteiger charge is 2.21. The first-order valence-corrected chi connectivity index (χ1v) is 14.3. The van der Waals surface area contributed by atoms with E-state index in [0.717, 1.165) is 57.2 Å². The van der Waals surface area contributed by atoms with Gasteiger partial charge in [-0.3, -0.25) is 4.79 Å². The molecule has 4 aromatic rings. The van der Waals surface area contributed by atoms with Gasteiger partial charge in [-0.2, -0.15) is 15.0 Å². The van der Waals surface area contributed by atoms with E-state index in [-0.39, 0.29) is 54.0 Å². The van der Waals surface area contributed by atoms with Gasteiger partial charge >= 0.3 is 0 Å². The highest BCUT2D eigenvalue weighted by Crippen LogP contribution is 2.32. The molecule has 15 heteroatoms. The number of aromatic hydroxyl groups is 1. The summed E-state index contributed by atoms with van der Waals surface area (Å²) in [7, 11) is 0. The zero-order valence-electron chi connectivity index (χ0n) is 25.5. The Morgan fingerprint density at radius 3 is 1.93 bits per heavy atom. The number of fused-ring (bicyclic) bond motifs is 1. The highest BCUT2D eigenvalue weighted by molar-refractivity contribution is 6.34. The molecule has 2 saturated heterocycles. The maximum atomic E-state index is 13.2. The van der Waals surface area contributed by atoms with E-state index in [0.29, 0.717) is 39.6 Å². The van der Waals surface area contributed by atoms with Crippen molar-refractivity contribution in [3.05, 3.63) is 65.2 Å². The first kappa shape index (κ1) is 39.0. The fourth-order valence-corrected chi connectivity index (χ4v) is 5.62. The van der Waals surface area contributed by atoms with Crippen LogP contribution in [0.25, 0.3) is 10.8 Å². The van der Waals surface area contributed by atoms with Crippen molar-refractivity contribution in [1.29, 1.82) is 0 Å². The summed E-state index contributed by atoms with van der Waals surface area (Å²) >= 11 is 6.60. The van der Waals surface area contributed by atoms with Gasteiger partial charge in [-0.15, -0.1) is 12.4 Å². The van der Waals surface area contributed by atoms with Crippen molar-refractivity contribution in [3.8, 4) is 5.75 Å². The van der Waals surface area contributed by atoms with E-state index in [2.05, 4.69) is 20.4 Å². The largest absolute Gasteiger partial charge is 0.507 e. The number of nitrogens with one attached hydrogen (secondary N) is 2. The lowest BCUT2D eigenvalue weighted by atomic mass is 10.0. The molecule has 15 N–H and O–H groups in total. The molecule has 2 aliphatic rings. The van der Waals surface area contributed by atoms with Gasteiger partial charge in [0.15, 0.2) is 0 Å². The monoisotopic (exact) mass is 669 g/mol. The van der Waals surface area contributed by atoms with Crippen LogP contribution in [0.3, 0.4) is 0 Å². The number of aromatic nitrogens is 3. The minimum Gasteiger partial charge on any atom is -0.507 e. The normalized spacial score (nSPS) is 14.0. The van der Waals surface area contributed by atoms with Gasteiger partial charge in [0.25, 0.3) is 5.91 Å². The number of halogens is 2. The number of phenolic OH excluding ortho intramolecular Hbond substituents is 1. The Kier molecular flexibility index (Phi) is 15.2. The molecule has 45 heavy (non-hydrogen) atoms. The Labute approximate surface area is 280 Å². The summed E-state index contributed by atoms with van der Waals surface area (Å²) in [6.07, 6.45) is 6.99. The Morgan fingerprint density at radius 1 is 0.778 bits per heavy atom. The summed E-state index contributed by atoms with van der Waals surface area (Å²) in [4.78, 5) is 32.0. The number of phenols is 1. The van der Waals surface area contributed by atoms with Gasteiger partial charge in [-0.25, -0.2) is 0 Å². The molecule has 0 aliphatic carbocycles. The van der Waals surface area contributed by atoms with Crippen LogP contribution in [-0.4, -0.2) is 52.1 Å². The van der Waals surface area contributed by atoms with Crippen molar-refractivity contribution < 1.29 is 15.6 Å². The first-order valence-electron chi connectivity index (χ1n) is 13.9. The maximum Gasteiger partial charge on any atom is 0.260 e. The number of anilines is 5. The van der Waals surface area contributed by atoms with Crippen molar-refractivity contribution in [2.75, 3.05) is 46.6 Å². The predicted molar refractivity (Wildman–Crippen MR) is 196 cm³/mol. The minimum atomic E-state index is -0.438. The quantitative estimate of drug-likeness (QED) is 0.102. The zero-order valence-corrected chi connectivity index (χ0v) is 27.0. The van der Waals surface area contributed by atoms with E-state index in [1.165, 1.54) is 18.9 Å². The molecule has 1 aromatic heterocycles. The van der Waals surface area contributed by atoms with Gasteiger partial charge in [0.1, 0.15) is 5.75 Å². The Hall–Kier alpha value is -3.98. The number of rotatable bonds is 6. The lowest BCUT2D eigenvalue weighted by Gasteiger charge is -2.30. The van der Waals surface area contributed by atoms with E-state index in [1.807, 2.05) is 30.3 Å². The Bertz CT molecular complexity index is 1530. The number of carbonyl (C=O) groups excluding carboxylic acids is 1. The fraction of sp³-hybridized carbons (Fsp3) is 0.333.